The molecule has 0 unspecified atom stereocenters. The summed E-state index contributed by atoms with van der Waals surface area (Å²) in [7, 11) is 1.59. The highest BCUT2D eigenvalue weighted by molar-refractivity contribution is 6.04. The van der Waals surface area contributed by atoms with Gasteiger partial charge in [0.25, 0.3) is 5.91 Å². The molecule has 0 saturated carbocycles. The Labute approximate surface area is 169 Å². The van der Waals surface area contributed by atoms with E-state index in [0.29, 0.717) is 35.0 Å². The van der Waals surface area contributed by atoms with Gasteiger partial charge in [0.15, 0.2) is 0 Å². The molecule has 0 radical (unpaired) electrons. The zero-order valence-electron chi connectivity index (χ0n) is 16.3. The van der Waals surface area contributed by atoms with Crippen LogP contribution >= 0.6 is 0 Å². The summed E-state index contributed by atoms with van der Waals surface area (Å²) in [6.07, 6.45) is 0. The Kier molecular flexibility index (Phi) is 6.68. The van der Waals surface area contributed by atoms with E-state index in [0.717, 1.165) is 0 Å². The van der Waals surface area contributed by atoms with Gasteiger partial charge in [0.1, 0.15) is 29.7 Å². The zero-order valence-corrected chi connectivity index (χ0v) is 16.3. The van der Waals surface area contributed by atoms with E-state index in [1.54, 1.807) is 43.5 Å². The van der Waals surface area contributed by atoms with Crippen molar-refractivity contribution in [1.82, 2.24) is 0 Å². The van der Waals surface area contributed by atoms with Crippen molar-refractivity contribution in [2.75, 3.05) is 19.0 Å². The van der Waals surface area contributed by atoms with Gasteiger partial charge in [-0.05, 0) is 49.4 Å². The lowest BCUT2D eigenvalue weighted by atomic mass is 10.1. The predicted octanol–water partition coefficient (Wildman–Crippen LogP) is 5.06. The molecule has 6 heteroatoms. The fourth-order valence-electron chi connectivity index (χ4n) is 2.74. The Morgan fingerprint density at radius 3 is 2.52 bits per heavy atom. The van der Waals surface area contributed by atoms with Crippen molar-refractivity contribution in [1.29, 1.82) is 0 Å². The van der Waals surface area contributed by atoms with Crippen LogP contribution in [-0.4, -0.2) is 19.6 Å². The first-order valence-corrected chi connectivity index (χ1v) is 9.19. The van der Waals surface area contributed by atoms with Crippen LogP contribution in [-0.2, 0) is 6.61 Å². The summed E-state index contributed by atoms with van der Waals surface area (Å²) in [5, 5.41) is 2.58. The zero-order chi connectivity index (χ0) is 20.6. The number of amides is 1. The van der Waals surface area contributed by atoms with Gasteiger partial charge >= 0.3 is 0 Å². The quantitative estimate of drug-likeness (QED) is 0.579. The Bertz CT molecular complexity index is 990. The van der Waals surface area contributed by atoms with Crippen molar-refractivity contribution in [3.63, 3.8) is 0 Å². The van der Waals surface area contributed by atoms with Crippen LogP contribution in [0.15, 0.2) is 66.7 Å². The number of carbonyl (C=O) groups excluding carboxylic acids is 1. The second kappa shape index (κ2) is 9.59. The third-order valence-electron chi connectivity index (χ3n) is 4.18. The number of benzene rings is 3. The van der Waals surface area contributed by atoms with Gasteiger partial charge in [-0.1, -0.05) is 18.2 Å². The lowest BCUT2D eigenvalue weighted by Crippen LogP contribution is -2.14. The number of hydrogen-bond donors (Lipinski definition) is 1. The summed E-state index contributed by atoms with van der Waals surface area (Å²) in [6.45, 7) is 2.56. The Hall–Kier alpha value is -3.54. The number of nitrogens with one attached hydrogen (secondary N) is 1. The van der Waals surface area contributed by atoms with Gasteiger partial charge in [0, 0.05) is 17.2 Å². The lowest BCUT2D eigenvalue weighted by molar-refractivity contribution is 0.102. The van der Waals surface area contributed by atoms with Crippen LogP contribution < -0.4 is 19.5 Å². The summed E-state index contributed by atoms with van der Waals surface area (Å²) in [5.41, 5.74) is 1.21. The average Bonchev–Trinajstić information content (AvgIpc) is 2.75. The Morgan fingerprint density at radius 1 is 0.966 bits per heavy atom. The lowest BCUT2D eigenvalue weighted by Gasteiger charge is -2.14. The highest BCUT2D eigenvalue weighted by Gasteiger charge is 2.13. The minimum absolute atomic E-state index is 0.126. The molecule has 0 bridgehead atoms. The molecule has 0 heterocycles. The Morgan fingerprint density at radius 2 is 1.76 bits per heavy atom. The van der Waals surface area contributed by atoms with Gasteiger partial charge in [-0.2, -0.15) is 0 Å². The molecule has 3 aromatic carbocycles. The molecule has 0 aromatic heterocycles. The van der Waals surface area contributed by atoms with Gasteiger partial charge < -0.3 is 19.5 Å². The highest BCUT2D eigenvalue weighted by atomic mass is 19.1. The van der Waals surface area contributed by atoms with E-state index in [1.807, 2.05) is 25.1 Å². The van der Waals surface area contributed by atoms with E-state index >= 15 is 0 Å². The number of hydrogen-bond acceptors (Lipinski definition) is 4. The summed E-state index contributed by atoms with van der Waals surface area (Å²) in [5.74, 6) is 1.03. The standard InChI is InChI=1S/C23H22FNO4/c1-3-28-22-12-11-16(23(26)25-21-10-5-4-9-20(21)24)13-17(22)15-29-19-8-6-7-18(14-19)27-2/h4-14H,3,15H2,1-2H3,(H,25,26). The topological polar surface area (TPSA) is 56.8 Å². The SMILES string of the molecule is CCOc1ccc(C(=O)Nc2ccccc2F)cc1COc1cccc(OC)c1. The smallest absolute Gasteiger partial charge is 0.255 e. The Balaban J connectivity index is 1.79. The maximum absolute atomic E-state index is 13.8. The second-order valence-electron chi connectivity index (χ2n) is 6.16. The number of para-hydroxylation sites is 1. The average molecular weight is 395 g/mol. The van der Waals surface area contributed by atoms with E-state index in [4.69, 9.17) is 14.2 Å². The normalized spacial score (nSPS) is 10.3. The van der Waals surface area contributed by atoms with Crippen molar-refractivity contribution < 1.29 is 23.4 Å². The van der Waals surface area contributed by atoms with E-state index in [9.17, 15) is 9.18 Å². The molecule has 0 fully saturated rings. The predicted molar refractivity (Wildman–Crippen MR) is 109 cm³/mol. The molecule has 0 aliphatic rings. The molecule has 3 aromatic rings. The number of ether oxygens (including phenoxy) is 3. The monoisotopic (exact) mass is 395 g/mol. The van der Waals surface area contributed by atoms with Gasteiger partial charge in [-0.3, -0.25) is 4.79 Å². The van der Waals surface area contributed by atoms with Crippen LogP contribution in [0.3, 0.4) is 0 Å². The molecular formula is C23H22FNO4. The molecular weight excluding hydrogens is 373 g/mol. The number of rotatable bonds is 8. The van der Waals surface area contributed by atoms with Crippen molar-refractivity contribution in [3.05, 3.63) is 83.7 Å². The van der Waals surface area contributed by atoms with Crippen LogP contribution in [0.4, 0.5) is 10.1 Å². The fraction of sp³-hybridized carbons (Fsp3) is 0.174. The van der Waals surface area contributed by atoms with Crippen LogP contribution in [0.5, 0.6) is 17.2 Å². The molecule has 5 nitrogen and oxygen atoms in total. The van der Waals surface area contributed by atoms with Crippen LogP contribution in [0.2, 0.25) is 0 Å². The summed E-state index contributed by atoms with van der Waals surface area (Å²) in [6, 6.07) is 18.3. The van der Waals surface area contributed by atoms with Crippen molar-refractivity contribution in [2.45, 2.75) is 13.5 Å². The van der Waals surface area contributed by atoms with Gasteiger partial charge in [0.05, 0.1) is 19.4 Å². The molecule has 0 atom stereocenters. The molecule has 0 spiro atoms. The first-order chi connectivity index (χ1) is 14.1. The first-order valence-electron chi connectivity index (χ1n) is 9.19. The van der Waals surface area contributed by atoms with E-state index in [2.05, 4.69) is 5.32 Å². The first kappa shape index (κ1) is 20.2. The van der Waals surface area contributed by atoms with Crippen LogP contribution in [0, 0.1) is 5.82 Å². The van der Waals surface area contributed by atoms with Crippen molar-refractivity contribution >= 4 is 11.6 Å². The van der Waals surface area contributed by atoms with E-state index in [-0.39, 0.29) is 12.3 Å². The summed E-state index contributed by atoms with van der Waals surface area (Å²) in [4.78, 5) is 12.6. The van der Waals surface area contributed by atoms with Gasteiger partial charge in [-0.25, -0.2) is 4.39 Å². The van der Waals surface area contributed by atoms with Crippen LogP contribution in [0.1, 0.15) is 22.8 Å². The van der Waals surface area contributed by atoms with Crippen molar-refractivity contribution in [3.8, 4) is 17.2 Å². The number of methoxy groups -OCH3 is 1. The molecule has 1 amide bonds. The molecule has 1 N–H and O–H groups in total. The summed E-state index contributed by atoms with van der Waals surface area (Å²) < 4.78 is 30.5. The van der Waals surface area contributed by atoms with E-state index < -0.39 is 11.7 Å². The van der Waals surface area contributed by atoms with Gasteiger partial charge in [-0.15, -0.1) is 0 Å². The molecule has 3 rings (SSSR count). The molecule has 0 aliphatic heterocycles. The van der Waals surface area contributed by atoms with Gasteiger partial charge in [0.2, 0.25) is 0 Å². The highest BCUT2D eigenvalue weighted by Crippen LogP contribution is 2.25. The largest absolute Gasteiger partial charge is 0.497 e. The van der Waals surface area contributed by atoms with Crippen molar-refractivity contribution in [2.24, 2.45) is 0 Å². The second-order valence-corrected chi connectivity index (χ2v) is 6.16. The summed E-state index contributed by atoms with van der Waals surface area (Å²) >= 11 is 0. The molecule has 29 heavy (non-hydrogen) atoms. The third-order valence-corrected chi connectivity index (χ3v) is 4.18. The third kappa shape index (κ3) is 5.25. The minimum atomic E-state index is -0.492. The maximum Gasteiger partial charge on any atom is 0.255 e. The minimum Gasteiger partial charge on any atom is -0.497 e. The molecule has 0 saturated heterocycles. The maximum atomic E-state index is 13.8. The van der Waals surface area contributed by atoms with E-state index in [1.165, 1.54) is 12.1 Å². The number of anilines is 1. The van der Waals surface area contributed by atoms with Crippen LogP contribution in [0.25, 0.3) is 0 Å². The molecule has 0 aliphatic carbocycles. The number of halogens is 1. The molecule has 150 valence electrons. The number of carbonyl (C=O) groups is 1. The fourth-order valence-corrected chi connectivity index (χ4v) is 2.74.